The molecule has 2 aromatic rings. The van der Waals surface area contributed by atoms with Crippen molar-refractivity contribution in [1.29, 1.82) is 0 Å². The largest absolute Gasteiger partial charge is 0.465 e. The van der Waals surface area contributed by atoms with Gasteiger partial charge in [-0.3, -0.25) is 9.52 Å². The molecule has 1 aromatic heterocycles. The van der Waals surface area contributed by atoms with Crippen LogP contribution >= 0.6 is 11.3 Å². The van der Waals surface area contributed by atoms with E-state index in [0.717, 1.165) is 34.6 Å². The highest BCUT2D eigenvalue weighted by atomic mass is 32.2. The van der Waals surface area contributed by atoms with Gasteiger partial charge in [-0.1, -0.05) is 31.0 Å². The van der Waals surface area contributed by atoms with Gasteiger partial charge in [0, 0.05) is 17.8 Å². The van der Waals surface area contributed by atoms with Crippen molar-refractivity contribution >= 4 is 38.9 Å². The summed E-state index contributed by atoms with van der Waals surface area (Å²) in [5.41, 5.74) is 2.01. The van der Waals surface area contributed by atoms with Crippen LogP contribution in [0.25, 0.3) is 0 Å². The Morgan fingerprint density at radius 3 is 2.62 bits per heavy atom. The molecule has 32 heavy (non-hydrogen) atoms. The predicted octanol–water partition coefficient (Wildman–Crippen LogP) is 4.11. The highest BCUT2D eigenvalue weighted by Crippen LogP contribution is 2.38. The second kappa shape index (κ2) is 9.23. The monoisotopic (exact) mass is 476 g/mol. The summed E-state index contributed by atoms with van der Waals surface area (Å²) in [6, 6.07) is 7.07. The maximum atomic E-state index is 13.3. The lowest BCUT2D eigenvalue weighted by atomic mass is 10.0. The zero-order chi connectivity index (χ0) is 22.9. The summed E-state index contributed by atoms with van der Waals surface area (Å²) in [6.07, 6.45) is 5.55. The van der Waals surface area contributed by atoms with Crippen LogP contribution in [0.2, 0.25) is 0 Å². The highest BCUT2D eigenvalue weighted by Gasteiger charge is 2.35. The number of nitrogens with one attached hydrogen (secondary N) is 1. The van der Waals surface area contributed by atoms with Crippen LogP contribution < -0.4 is 4.72 Å². The lowest BCUT2D eigenvalue weighted by Crippen LogP contribution is -2.36. The molecule has 1 aliphatic heterocycles. The Hall–Kier alpha value is -2.39. The van der Waals surface area contributed by atoms with E-state index in [9.17, 15) is 18.0 Å². The van der Waals surface area contributed by atoms with Gasteiger partial charge in [-0.05, 0) is 49.3 Å². The first kappa shape index (κ1) is 22.8. The van der Waals surface area contributed by atoms with E-state index in [2.05, 4.69) is 4.72 Å². The Bertz CT molecular complexity index is 1130. The highest BCUT2D eigenvalue weighted by molar-refractivity contribution is 7.94. The molecule has 0 atom stereocenters. The molecule has 172 valence electrons. The van der Waals surface area contributed by atoms with Crippen molar-refractivity contribution in [2.45, 2.75) is 56.2 Å². The molecule has 0 unspecified atom stereocenters. The molecule has 0 saturated heterocycles. The number of hydrogen-bond donors (Lipinski definition) is 1. The van der Waals surface area contributed by atoms with Gasteiger partial charge in [0.15, 0.2) is 4.21 Å². The van der Waals surface area contributed by atoms with Gasteiger partial charge in [0.2, 0.25) is 5.91 Å². The number of carbonyl (C=O) groups is 2. The molecule has 2 heterocycles. The van der Waals surface area contributed by atoms with Crippen molar-refractivity contribution in [3.63, 3.8) is 0 Å². The number of rotatable bonds is 6. The number of anilines is 1. The van der Waals surface area contributed by atoms with Gasteiger partial charge in [-0.15, -0.1) is 11.3 Å². The Balaban J connectivity index is 1.63. The maximum Gasteiger partial charge on any atom is 0.340 e. The van der Waals surface area contributed by atoms with Gasteiger partial charge in [0.1, 0.15) is 0 Å². The van der Waals surface area contributed by atoms with Crippen molar-refractivity contribution in [3.8, 4) is 0 Å². The van der Waals surface area contributed by atoms with Crippen LogP contribution in [0.1, 0.15) is 58.5 Å². The van der Waals surface area contributed by atoms with Crippen molar-refractivity contribution in [2.75, 3.05) is 18.4 Å². The van der Waals surface area contributed by atoms with E-state index >= 15 is 0 Å². The van der Waals surface area contributed by atoms with Crippen LogP contribution in [-0.2, 0) is 32.5 Å². The number of fused-ring (bicyclic) bond motifs is 1. The molecule has 1 saturated carbocycles. The average Bonchev–Trinajstić information content (AvgIpc) is 3.42. The Morgan fingerprint density at radius 2 is 1.94 bits per heavy atom. The summed E-state index contributed by atoms with van der Waals surface area (Å²) < 4.78 is 34.0. The number of hydrogen-bond acceptors (Lipinski definition) is 6. The molecular formula is C23H28N2O5S2. The van der Waals surface area contributed by atoms with Crippen molar-refractivity contribution in [2.24, 2.45) is 5.92 Å². The second-order valence-electron chi connectivity index (χ2n) is 8.50. The van der Waals surface area contributed by atoms with E-state index in [1.54, 1.807) is 17.0 Å². The number of aryl methyl sites for hydroxylation is 1. The number of amides is 1. The molecule has 7 nitrogen and oxygen atoms in total. The first-order valence-corrected chi connectivity index (χ1v) is 13.2. The minimum absolute atomic E-state index is 0.0531. The van der Waals surface area contributed by atoms with Crippen molar-refractivity contribution < 1.29 is 22.7 Å². The van der Waals surface area contributed by atoms with Gasteiger partial charge < -0.3 is 9.64 Å². The standard InChI is InChI=1S/C23H28N2O5S2/c1-15-7-3-6-10-18(15)24-32(28,29)23-21(22(27)30-2)17-11-12-25(14-19(17)31-23)20(26)13-16-8-4-5-9-16/h3,6-7,10,16,24H,4-5,8-9,11-14H2,1-2H3. The number of carbonyl (C=O) groups excluding carboxylic acids is 2. The maximum absolute atomic E-state index is 13.3. The number of sulfonamides is 1. The quantitative estimate of drug-likeness (QED) is 0.634. The molecule has 1 amide bonds. The SMILES string of the molecule is COC(=O)c1c(S(=O)(=O)Nc2ccccc2C)sc2c1CCN(C(=O)CC1CCCC1)C2. The minimum atomic E-state index is -4.01. The summed E-state index contributed by atoms with van der Waals surface area (Å²) in [4.78, 5) is 28.0. The third-order valence-electron chi connectivity index (χ3n) is 6.34. The van der Waals surface area contributed by atoms with Gasteiger partial charge >= 0.3 is 5.97 Å². The van der Waals surface area contributed by atoms with E-state index in [0.29, 0.717) is 43.1 Å². The summed E-state index contributed by atoms with van der Waals surface area (Å²) >= 11 is 1.06. The van der Waals surface area contributed by atoms with E-state index in [1.807, 2.05) is 19.1 Å². The molecule has 1 N–H and O–H groups in total. The van der Waals surface area contributed by atoms with E-state index in [4.69, 9.17) is 4.74 Å². The van der Waals surface area contributed by atoms with Gasteiger partial charge in [-0.25, -0.2) is 13.2 Å². The molecule has 0 spiro atoms. The van der Waals surface area contributed by atoms with Gasteiger partial charge in [-0.2, -0.15) is 0 Å². The predicted molar refractivity (Wildman–Crippen MR) is 123 cm³/mol. The zero-order valence-electron chi connectivity index (χ0n) is 18.3. The second-order valence-corrected chi connectivity index (χ2v) is 11.5. The third kappa shape index (κ3) is 4.54. The average molecular weight is 477 g/mol. The third-order valence-corrected chi connectivity index (χ3v) is 9.44. The minimum Gasteiger partial charge on any atom is -0.465 e. The van der Waals surface area contributed by atoms with Crippen LogP contribution in [0.15, 0.2) is 28.5 Å². The number of nitrogens with zero attached hydrogens (tertiary/aromatic N) is 1. The molecule has 1 aromatic carbocycles. The van der Waals surface area contributed by atoms with Crippen molar-refractivity contribution in [3.05, 3.63) is 45.8 Å². The summed E-state index contributed by atoms with van der Waals surface area (Å²) in [7, 11) is -2.76. The lowest BCUT2D eigenvalue weighted by molar-refractivity contribution is -0.133. The fraction of sp³-hybridized carbons (Fsp3) is 0.478. The van der Waals surface area contributed by atoms with Crippen LogP contribution in [0.4, 0.5) is 5.69 Å². The summed E-state index contributed by atoms with van der Waals surface area (Å²) in [5, 5.41) is 0. The molecule has 2 aliphatic rings. The van der Waals surface area contributed by atoms with Gasteiger partial charge in [0.05, 0.1) is 24.9 Å². The summed E-state index contributed by atoms with van der Waals surface area (Å²) in [5.74, 6) is -0.108. The smallest absolute Gasteiger partial charge is 0.340 e. The number of esters is 1. The molecule has 0 bridgehead atoms. The lowest BCUT2D eigenvalue weighted by Gasteiger charge is -2.28. The van der Waals surface area contributed by atoms with Crippen molar-refractivity contribution in [1.82, 2.24) is 4.90 Å². The van der Waals surface area contributed by atoms with Crippen LogP contribution in [-0.4, -0.2) is 38.8 Å². The van der Waals surface area contributed by atoms with Crippen LogP contribution in [0.3, 0.4) is 0 Å². The molecule has 9 heteroatoms. The number of benzene rings is 1. The number of thiophene rings is 1. The van der Waals surface area contributed by atoms with Crippen LogP contribution in [0.5, 0.6) is 0 Å². The number of ether oxygens (including phenoxy) is 1. The molecule has 1 fully saturated rings. The van der Waals surface area contributed by atoms with E-state index in [1.165, 1.54) is 20.0 Å². The van der Waals surface area contributed by atoms with Crippen LogP contribution in [0, 0.1) is 12.8 Å². The normalized spacial score (nSPS) is 16.6. The summed E-state index contributed by atoms with van der Waals surface area (Å²) in [6.45, 7) is 2.62. The first-order valence-electron chi connectivity index (χ1n) is 10.9. The molecule has 4 rings (SSSR count). The fourth-order valence-corrected chi connectivity index (χ4v) is 7.59. The molecule has 0 radical (unpaired) electrons. The van der Waals surface area contributed by atoms with E-state index < -0.39 is 16.0 Å². The number of para-hydroxylation sites is 1. The molecular weight excluding hydrogens is 448 g/mol. The van der Waals surface area contributed by atoms with E-state index in [-0.39, 0.29) is 15.7 Å². The fourth-order valence-electron chi connectivity index (χ4n) is 4.56. The topological polar surface area (TPSA) is 92.8 Å². The Labute approximate surface area is 192 Å². The van der Waals surface area contributed by atoms with Gasteiger partial charge in [0.25, 0.3) is 10.0 Å². The number of methoxy groups -OCH3 is 1. The molecule has 1 aliphatic carbocycles. The Morgan fingerprint density at radius 1 is 1.22 bits per heavy atom. The Kier molecular flexibility index (Phi) is 6.57. The first-order chi connectivity index (χ1) is 15.3. The zero-order valence-corrected chi connectivity index (χ0v) is 20.0.